The fourth-order valence-corrected chi connectivity index (χ4v) is 1.97. The first-order valence-electron chi connectivity index (χ1n) is 7.35. The third-order valence-corrected chi connectivity index (χ3v) is 3.71. The Bertz CT molecular complexity index is 418. The van der Waals surface area contributed by atoms with E-state index in [1.165, 1.54) is 0 Å². The van der Waals surface area contributed by atoms with Crippen molar-refractivity contribution in [2.75, 3.05) is 20.2 Å². The number of aliphatic hydroxyl groups excluding tert-OH is 2. The molecule has 120 valence electrons. The molecule has 0 aromatic rings. The largest absolute Gasteiger partial charge is 0.390 e. The Morgan fingerprint density at radius 1 is 1.48 bits per heavy atom. The third kappa shape index (κ3) is 5.22. The molecule has 0 saturated carbocycles. The minimum atomic E-state index is -0.963. The molecule has 1 heterocycles. The second kappa shape index (κ2) is 8.26. The van der Waals surface area contributed by atoms with Crippen LogP contribution in [0.3, 0.4) is 0 Å². The predicted octanol–water partition coefficient (Wildman–Crippen LogP) is -0.319. The van der Waals surface area contributed by atoms with Gasteiger partial charge in [0.2, 0.25) is 0 Å². The van der Waals surface area contributed by atoms with Crippen LogP contribution in [0.4, 0.5) is 0 Å². The van der Waals surface area contributed by atoms with Crippen molar-refractivity contribution in [3.8, 4) is 0 Å². The molecule has 0 aromatic heterocycles. The number of nitrogens with zero attached hydrogens (tertiary/aromatic N) is 1. The van der Waals surface area contributed by atoms with Crippen molar-refractivity contribution in [3.05, 3.63) is 11.6 Å². The summed E-state index contributed by atoms with van der Waals surface area (Å²) in [5.74, 6) is -0.221. The van der Waals surface area contributed by atoms with Gasteiger partial charge < -0.3 is 20.3 Å². The first kappa shape index (κ1) is 17.8. The number of ether oxygens (including phenoxy) is 1. The van der Waals surface area contributed by atoms with Gasteiger partial charge in [-0.25, -0.2) is 4.58 Å². The van der Waals surface area contributed by atoms with E-state index in [-0.39, 0.29) is 12.5 Å². The Morgan fingerprint density at radius 2 is 2.14 bits per heavy atom. The second-order valence-electron chi connectivity index (χ2n) is 5.60. The molecule has 0 aromatic carbocycles. The molecule has 0 spiro atoms. The molecule has 0 aliphatic carbocycles. The van der Waals surface area contributed by atoms with Crippen LogP contribution in [0.15, 0.2) is 11.6 Å². The molecule has 6 heteroatoms. The van der Waals surface area contributed by atoms with Crippen LogP contribution in [0.25, 0.3) is 0 Å². The first-order valence-corrected chi connectivity index (χ1v) is 7.35. The highest BCUT2D eigenvalue weighted by Gasteiger charge is 2.31. The van der Waals surface area contributed by atoms with E-state index in [0.29, 0.717) is 24.6 Å². The number of carbonyl (C=O) groups is 1. The standard InChI is InChI=1S/C15H26N2O4/c1-5-11(9-17(4)10(2)3)15(20)16-8-13-14(19)12(18)6-7-21-13/h5,9-10,12-14,18-19H,6-8H2,1-4H3/p+1/b11-5+,17-9?. The highest BCUT2D eigenvalue weighted by molar-refractivity contribution is 6.10. The summed E-state index contributed by atoms with van der Waals surface area (Å²) in [6, 6.07) is 0.298. The van der Waals surface area contributed by atoms with Crippen molar-refractivity contribution in [2.45, 2.75) is 51.5 Å². The van der Waals surface area contributed by atoms with E-state index in [1.54, 1.807) is 19.2 Å². The van der Waals surface area contributed by atoms with Crippen molar-refractivity contribution in [1.82, 2.24) is 5.32 Å². The van der Waals surface area contributed by atoms with Gasteiger partial charge in [0, 0.05) is 13.2 Å². The molecule has 1 amide bonds. The Kier molecular flexibility index (Phi) is 7.01. The van der Waals surface area contributed by atoms with Crippen LogP contribution in [-0.4, -0.2) is 71.5 Å². The Balaban J connectivity index is 2.58. The van der Waals surface area contributed by atoms with Gasteiger partial charge in [0.1, 0.15) is 25.3 Å². The quantitative estimate of drug-likeness (QED) is 0.369. The molecule has 3 atom stereocenters. The van der Waals surface area contributed by atoms with E-state index in [2.05, 4.69) is 5.32 Å². The molecular formula is C15H27N2O4+. The van der Waals surface area contributed by atoms with E-state index in [4.69, 9.17) is 4.74 Å². The summed E-state index contributed by atoms with van der Waals surface area (Å²) in [5.41, 5.74) is 0.553. The minimum absolute atomic E-state index is 0.174. The van der Waals surface area contributed by atoms with E-state index in [1.807, 2.05) is 25.5 Å². The zero-order valence-corrected chi connectivity index (χ0v) is 13.2. The maximum Gasteiger partial charge on any atom is 0.257 e. The molecule has 3 unspecified atom stereocenters. The fourth-order valence-electron chi connectivity index (χ4n) is 1.97. The molecule has 1 aliphatic heterocycles. The number of hydrogen-bond acceptors (Lipinski definition) is 4. The Hall–Kier alpha value is -1.24. The Labute approximate surface area is 126 Å². The minimum Gasteiger partial charge on any atom is -0.390 e. The highest BCUT2D eigenvalue weighted by atomic mass is 16.5. The van der Waals surface area contributed by atoms with Crippen LogP contribution in [0.5, 0.6) is 0 Å². The molecule has 1 rings (SSSR count). The molecule has 21 heavy (non-hydrogen) atoms. The lowest BCUT2D eigenvalue weighted by Gasteiger charge is -2.32. The summed E-state index contributed by atoms with van der Waals surface area (Å²) in [4.78, 5) is 12.1. The highest BCUT2D eigenvalue weighted by Crippen LogP contribution is 2.14. The number of allylic oxidation sites excluding steroid dienone is 1. The van der Waals surface area contributed by atoms with Crippen molar-refractivity contribution < 1.29 is 24.3 Å². The monoisotopic (exact) mass is 299 g/mol. The summed E-state index contributed by atoms with van der Waals surface area (Å²) >= 11 is 0. The summed E-state index contributed by atoms with van der Waals surface area (Å²) in [5, 5.41) is 22.1. The predicted molar refractivity (Wildman–Crippen MR) is 80.5 cm³/mol. The normalized spacial score (nSPS) is 27.9. The zero-order valence-electron chi connectivity index (χ0n) is 13.2. The van der Waals surface area contributed by atoms with Gasteiger partial charge in [-0.05, 0) is 27.2 Å². The molecule has 1 fully saturated rings. The molecular weight excluding hydrogens is 272 g/mol. The summed E-state index contributed by atoms with van der Waals surface area (Å²) in [7, 11) is 1.91. The van der Waals surface area contributed by atoms with Crippen LogP contribution in [0, 0.1) is 0 Å². The van der Waals surface area contributed by atoms with Crippen molar-refractivity contribution >= 4 is 12.1 Å². The second-order valence-corrected chi connectivity index (χ2v) is 5.60. The first-order chi connectivity index (χ1) is 9.86. The number of aliphatic hydroxyl groups is 2. The zero-order chi connectivity index (χ0) is 16.0. The average molecular weight is 299 g/mol. The van der Waals surface area contributed by atoms with Gasteiger partial charge in [0.05, 0.1) is 11.7 Å². The molecule has 3 N–H and O–H groups in total. The number of hydrogen-bond donors (Lipinski definition) is 3. The Morgan fingerprint density at radius 3 is 2.71 bits per heavy atom. The van der Waals surface area contributed by atoms with Gasteiger partial charge in [0.25, 0.3) is 5.91 Å². The molecule has 0 bridgehead atoms. The van der Waals surface area contributed by atoms with Gasteiger partial charge in [0.15, 0.2) is 6.21 Å². The molecule has 6 nitrogen and oxygen atoms in total. The van der Waals surface area contributed by atoms with Crippen molar-refractivity contribution in [1.29, 1.82) is 0 Å². The lowest BCUT2D eigenvalue weighted by molar-refractivity contribution is -0.524. The smallest absolute Gasteiger partial charge is 0.257 e. The summed E-state index contributed by atoms with van der Waals surface area (Å²) in [6.07, 6.45) is 1.61. The van der Waals surface area contributed by atoms with Gasteiger partial charge in [-0.3, -0.25) is 4.79 Å². The van der Waals surface area contributed by atoms with E-state index in [9.17, 15) is 15.0 Å². The fraction of sp³-hybridized carbons (Fsp3) is 0.733. The van der Waals surface area contributed by atoms with Crippen LogP contribution >= 0.6 is 0 Å². The van der Waals surface area contributed by atoms with Crippen LogP contribution in [0.1, 0.15) is 27.2 Å². The van der Waals surface area contributed by atoms with E-state index < -0.39 is 18.3 Å². The van der Waals surface area contributed by atoms with E-state index >= 15 is 0 Å². The van der Waals surface area contributed by atoms with Gasteiger partial charge in [-0.2, -0.15) is 0 Å². The van der Waals surface area contributed by atoms with Gasteiger partial charge >= 0.3 is 0 Å². The molecule has 1 saturated heterocycles. The number of amides is 1. The maximum absolute atomic E-state index is 12.1. The molecule has 1 aliphatic rings. The van der Waals surface area contributed by atoms with Crippen LogP contribution < -0.4 is 5.32 Å². The summed E-state index contributed by atoms with van der Waals surface area (Å²) < 4.78 is 7.33. The summed E-state index contributed by atoms with van der Waals surface area (Å²) in [6.45, 7) is 6.44. The lowest BCUT2D eigenvalue weighted by Crippen LogP contribution is -2.50. The molecule has 0 radical (unpaired) electrons. The number of nitrogens with one attached hydrogen (secondary N) is 1. The van der Waals surface area contributed by atoms with Crippen LogP contribution in [0.2, 0.25) is 0 Å². The van der Waals surface area contributed by atoms with Crippen molar-refractivity contribution in [3.63, 3.8) is 0 Å². The average Bonchev–Trinajstić information content (AvgIpc) is 2.45. The van der Waals surface area contributed by atoms with Crippen LogP contribution in [-0.2, 0) is 9.53 Å². The topological polar surface area (TPSA) is 81.8 Å². The number of carbonyl (C=O) groups excluding carboxylic acids is 1. The SMILES string of the molecule is C/C=C(\C=[N+](C)C(C)C)C(=O)NCC1OCCC(O)C1O. The van der Waals surface area contributed by atoms with Gasteiger partial charge in [-0.1, -0.05) is 6.08 Å². The maximum atomic E-state index is 12.1. The lowest BCUT2D eigenvalue weighted by atomic mass is 10.0. The third-order valence-electron chi connectivity index (χ3n) is 3.71. The van der Waals surface area contributed by atoms with Gasteiger partial charge in [-0.15, -0.1) is 0 Å². The number of rotatable bonds is 5. The van der Waals surface area contributed by atoms with E-state index in [0.717, 1.165) is 0 Å². The van der Waals surface area contributed by atoms with Crippen molar-refractivity contribution in [2.24, 2.45) is 0 Å².